The Labute approximate surface area is 128 Å². The van der Waals surface area contributed by atoms with E-state index in [-0.39, 0.29) is 5.91 Å². The maximum atomic E-state index is 12.8. The van der Waals surface area contributed by atoms with Crippen molar-refractivity contribution >= 4 is 23.1 Å². The first-order chi connectivity index (χ1) is 9.40. The van der Waals surface area contributed by atoms with Gasteiger partial charge in [-0.2, -0.15) is 0 Å². The molecule has 0 saturated heterocycles. The van der Waals surface area contributed by atoms with Crippen molar-refractivity contribution in [1.82, 2.24) is 4.90 Å². The Bertz CT molecular complexity index is 382. The van der Waals surface area contributed by atoms with E-state index in [0.29, 0.717) is 16.9 Å². The fraction of sp³-hybridized carbons (Fsp3) is 0.875. The van der Waals surface area contributed by atoms with Crippen LogP contribution in [0.5, 0.6) is 0 Å². The quantitative estimate of drug-likeness (QED) is 0.811. The molecular formula is C16H28N2OS. The van der Waals surface area contributed by atoms with Crippen molar-refractivity contribution in [3.05, 3.63) is 0 Å². The Hall–Kier alpha value is -0.640. The van der Waals surface area contributed by atoms with Crippen LogP contribution in [0.25, 0.3) is 0 Å². The molecule has 0 heterocycles. The van der Waals surface area contributed by atoms with Gasteiger partial charge in [0.25, 0.3) is 0 Å². The van der Waals surface area contributed by atoms with E-state index in [1.165, 1.54) is 19.3 Å². The maximum Gasteiger partial charge on any atom is 0.235 e. The Morgan fingerprint density at radius 3 is 2.25 bits per heavy atom. The van der Waals surface area contributed by atoms with Gasteiger partial charge >= 0.3 is 0 Å². The lowest BCUT2D eigenvalue weighted by Gasteiger charge is -2.48. The van der Waals surface area contributed by atoms with Gasteiger partial charge in [0.1, 0.15) is 0 Å². The van der Waals surface area contributed by atoms with Gasteiger partial charge in [0.15, 0.2) is 0 Å². The molecule has 0 spiro atoms. The number of hydrogen-bond donors (Lipinski definition) is 1. The van der Waals surface area contributed by atoms with Crippen LogP contribution in [0.4, 0.5) is 0 Å². The minimum atomic E-state index is -0.537. The van der Waals surface area contributed by atoms with Crippen molar-refractivity contribution in [3.63, 3.8) is 0 Å². The van der Waals surface area contributed by atoms with Gasteiger partial charge in [-0.3, -0.25) is 4.79 Å². The Balaban J connectivity index is 2.00. The first kappa shape index (κ1) is 15.7. The van der Waals surface area contributed by atoms with Crippen LogP contribution in [0, 0.1) is 17.3 Å². The average Bonchev–Trinajstić information content (AvgIpc) is 2.42. The molecule has 4 heteroatoms. The lowest BCUT2D eigenvalue weighted by atomic mass is 9.61. The van der Waals surface area contributed by atoms with E-state index < -0.39 is 5.41 Å². The summed E-state index contributed by atoms with van der Waals surface area (Å²) in [6.45, 7) is 4.42. The molecule has 3 nitrogen and oxygen atoms in total. The molecule has 20 heavy (non-hydrogen) atoms. The summed E-state index contributed by atoms with van der Waals surface area (Å²) in [5.41, 5.74) is 5.35. The third kappa shape index (κ3) is 2.72. The molecule has 0 unspecified atom stereocenters. The van der Waals surface area contributed by atoms with E-state index in [0.717, 1.165) is 31.6 Å². The van der Waals surface area contributed by atoms with Gasteiger partial charge in [-0.15, -0.1) is 0 Å². The molecule has 2 N–H and O–H groups in total. The number of thiocarbonyl (C=S) groups is 1. The first-order valence-corrected chi connectivity index (χ1v) is 8.38. The molecular weight excluding hydrogens is 268 g/mol. The minimum absolute atomic E-state index is 0.169. The molecule has 2 saturated carbocycles. The summed E-state index contributed by atoms with van der Waals surface area (Å²) in [5, 5.41) is 0. The smallest absolute Gasteiger partial charge is 0.235 e. The molecule has 1 amide bonds. The number of carbonyl (C=O) groups excluding carboxylic acids is 1. The SMILES string of the molecule is CCC1CCC(N(C)C(=O)C2(C(N)=S)CC(C)C2)CC1. The molecule has 0 aromatic rings. The van der Waals surface area contributed by atoms with Gasteiger partial charge in [-0.05, 0) is 50.4 Å². The van der Waals surface area contributed by atoms with E-state index in [2.05, 4.69) is 13.8 Å². The van der Waals surface area contributed by atoms with Crippen molar-refractivity contribution in [2.24, 2.45) is 23.0 Å². The maximum absolute atomic E-state index is 12.8. The lowest BCUT2D eigenvalue weighted by molar-refractivity contribution is -0.145. The van der Waals surface area contributed by atoms with E-state index in [9.17, 15) is 4.79 Å². The predicted molar refractivity (Wildman–Crippen MR) is 86.4 cm³/mol. The van der Waals surface area contributed by atoms with Gasteiger partial charge in [-0.25, -0.2) is 0 Å². The predicted octanol–water partition coefficient (Wildman–Crippen LogP) is 3.12. The third-order valence-electron chi connectivity index (χ3n) is 5.54. The highest BCUT2D eigenvalue weighted by Gasteiger charge is 2.52. The standard InChI is InChI=1S/C16H28N2OS/c1-4-12-5-7-13(8-6-12)18(3)15(19)16(14(17)20)9-11(2)10-16/h11-13H,4-10H2,1-3H3,(H2,17,20). The number of nitrogens with zero attached hydrogens (tertiary/aromatic N) is 1. The van der Waals surface area contributed by atoms with Crippen LogP contribution in [0.2, 0.25) is 0 Å². The van der Waals surface area contributed by atoms with Crippen LogP contribution in [0.1, 0.15) is 58.8 Å². The second-order valence-corrected chi connectivity index (χ2v) is 7.40. The second-order valence-electron chi connectivity index (χ2n) is 6.96. The highest BCUT2D eigenvalue weighted by atomic mass is 32.1. The first-order valence-electron chi connectivity index (χ1n) is 7.98. The summed E-state index contributed by atoms with van der Waals surface area (Å²) in [5.74, 6) is 1.58. The van der Waals surface area contributed by atoms with E-state index in [1.54, 1.807) is 0 Å². The monoisotopic (exact) mass is 296 g/mol. The molecule has 2 aliphatic rings. The fourth-order valence-electron chi connectivity index (χ4n) is 4.05. The molecule has 2 rings (SSSR count). The second kappa shape index (κ2) is 6.00. The van der Waals surface area contributed by atoms with Crippen molar-refractivity contribution in [2.45, 2.75) is 64.8 Å². The molecule has 0 radical (unpaired) electrons. The Kier molecular flexibility index (Phi) is 4.73. The minimum Gasteiger partial charge on any atom is -0.392 e. The number of carbonyl (C=O) groups is 1. The summed E-state index contributed by atoms with van der Waals surface area (Å²) >= 11 is 5.20. The van der Waals surface area contributed by atoms with Crippen LogP contribution >= 0.6 is 12.2 Å². The van der Waals surface area contributed by atoms with Crippen LogP contribution in [0.3, 0.4) is 0 Å². The third-order valence-corrected chi connectivity index (χ3v) is 5.93. The Morgan fingerprint density at radius 1 is 1.30 bits per heavy atom. The number of amides is 1. The van der Waals surface area contributed by atoms with Crippen molar-refractivity contribution in [2.75, 3.05) is 7.05 Å². The number of rotatable bonds is 4. The molecule has 0 atom stereocenters. The molecule has 0 aromatic carbocycles. The summed E-state index contributed by atoms with van der Waals surface area (Å²) in [7, 11) is 1.95. The molecule has 0 aromatic heterocycles. The molecule has 0 bridgehead atoms. The van der Waals surface area contributed by atoms with Crippen molar-refractivity contribution in [1.29, 1.82) is 0 Å². The van der Waals surface area contributed by atoms with Gasteiger partial charge in [0, 0.05) is 13.1 Å². The summed E-state index contributed by atoms with van der Waals surface area (Å²) in [6.07, 6.45) is 7.67. The molecule has 2 fully saturated rings. The normalized spacial score (nSPS) is 37.0. The van der Waals surface area contributed by atoms with Crippen molar-refractivity contribution < 1.29 is 4.79 Å². The van der Waals surface area contributed by atoms with Crippen molar-refractivity contribution in [3.8, 4) is 0 Å². The van der Waals surface area contributed by atoms with Crippen LogP contribution < -0.4 is 5.73 Å². The highest BCUT2D eigenvalue weighted by molar-refractivity contribution is 7.80. The highest BCUT2D eigenvalue weighted by Crippen LogP contribution is 2.47. The summed E-state index contributed by atoms with van der Waals surface area (Å²) in [6, 6.07) is 0.382. The van der Waals surface area contributed by atoms with Gasteiger partial charge in [-0.1, -0.05) is 32.5 Å². The number of hydrogen-bond acceptors (Lipinski definition) is 2. The zero-order valence-corrected chi connectivity index (χ0v) is 13.8. The summed E-state index contributed by atoms with van der Waals surface area (Å²) in [4.78, 5) is 15.2. The largest absolute Gasteiger partial charge is 0.392 e. The number of nitrogens with two attached hydrogens (primary N) is 1. The van der Waals surface area contributed by atoms with Gasteiger partial charge in [0.05, 0.1) is 10.4 Å². The van der Waals surface area contributed by atoms with E-state index in [4.69, 9.17) is 18.0 Å². The van der Waals surface area contributed by atoms with E-state index >= 15 is 0 Å². The topological polar surface area (TPSA) is 46.3 Å². The van der Waals surface area contributed by atoms with Crippen LogP contribution in [-0.4, -0.2) is 28.9 Å². The van der Waals surface area contributed by atoms with Gasteiger partial charge in [0.2, 0.25) is 5.91 Å². The zero-order valence-electron chi connectivity index (χ0n) is 13.0. The Morgan fingerprint density at radius 2 is 1.85 bits per heavy atom. The molecule has 2 aliphatic carbocycles. The zero-order chi connectivity index (χ0) is 14.9. The van der Waals surface area contributed by atoms with E-state index in [1.807, 2.05) is 11.9 Å². The summed E-state index contributed by atoms with van der Waals surface area (Å²) < 4.78 is 0. The van der Waals surface area contributed by atoms with Gasteiger partial charge < -0.3 is 10.6 Å². The molecule has 0 aliphatic heterocycles. The lowest BCUT2D eigenvalue weighted by Crippen LogP contribution is -2.58. The average molecular weight is 296 g/mol. The molecule has 114 valence electrons. The van der Waals surface area contributed by atoms with Crippen LogP contribution in [0.15, 0.2) is 0 Å². The fourth-order valence-corrected chi connectivity index (χ4v) is 4.31. The van der Waals surface area contributed by atoms with Crippen LogP contribution in [-0.2, 0) is 4.79 Å².